The minimum absolute atomic E-state index is 0.0671. The average molecular weight is 377 g/mol. The summed E-state index contributed by atoms with van der Waals surface area (Å²) < 4.78 is 1.12. The summed E-state index contributed by atoms with van der Waals surface area (Å²) in [6.07, 6.45) is 3.23. The predicted octanol–water partition coefficient (Wildman–Crippen LogP) is 2.95. The van der Waals surface area contributed by atoms with Crippen molar-refractivity contribution in [3.8, 4) is 0 Å². The molecular formula is C22H23N3O3. The minimum atomic E-state index is -0.606. The number of H-pyrrole nitrogens is 1. The van der Waals surface area contributed by atoms with Crippen LogP contribution in [-0.2, 0) is 6.54 Å². The maximum Gasteiger partial charge on any atom is 0.329 e. The first-order valence-corrected chi connectivity index (χ1v) is 9.17. The van der Waals surface area contributed by atoms with Gasteiger partial charge in [-0.3, -0.25) is 19.1 Å². The molecule has 28 heavy (non-hydrogen) atoms. The van der Waals surface area contributed by atoms with Crippen molar-refractivity contribution >= 4 is 5.78 Å². The van der Waals surface area contributed by atoms with E-state index in [1.807, 2.05) is 33.8 Å². The Labute approximate surface area is 162 Å². The molecule has 0 spiro atoms. The molecule has 0 aliphatic heterocycles. The van der Waals surface area contributed by atoms with Gasteiger partial charge in [-0.1, -0.05) is 37.1 Å². The van der Waals surface area contributed by atoms with Crippen molar-refractivity contribution < 1.29 is 4.79 Å². The third kappa shape index (κ3) is 3.86. The molecule has 6 nitrogen and oxygen atoms in total. The molecule has 144 valence electrons. The Kier molecular flexibility index (Phi) is 5.40. The summed E-state index contributed by atoms with van der Waals surface area (Å²) in [5.41, 5.74) is 2.41. The topological polar surface area (TPSA) is 84.8 Å². The molecule has 0 saturated heterocycles. The van der Waals surface area contributed by atoms with Crippen LogP contribution < -0.4 is 11.2 Å². The van der Waals surface area contributed by atoms with E-state index in [4.69, 9.17) is 0 Å². The predicted molar refractivity (Wildman–Crippen MR) is 108 cm³/mol. The van der Waals surface area contributed by atoms with E-state index in [0.717, 1.165) is 21.3 Å². The summed E-state index contributed by atoms with van der Waals surface area (Å²) in [5, 5.41) is 0. The van der Waals surface area contributed by atoms with Crippen molar-refractivity contribution in [1.82, 2.24) is 14.5 Å². The lowest BCUT2D eigenvalue weighted by molar-refractivity contribution is 0.103. The van der Waals surface area contributed by atoms with E-state index in [2.05, 4.69) is 9.97 Å². The number of nitrogens with one attached hydrogen (secondary N) is 1. The van der Waals surface area contributed by atoms with Crippen molar-refractivity contribution in [2.75, 3.05) is 0 Å². The molecule has 0 atom stereocenters. The monoisotopic (exact) mass is 377 g/mol. The van der Waals surface area contributed by atoms with Gasteiger partial charge in [-0.05, 0) is 43.5 Å². The van der Waals surface area contributed by atoms with Crippen LogP contribution in [0.25, 0.3) is 0 Å². The zero-order valence-electron chi connectivity index (χ0n) is 16.4. The fourth-order valence-electron chi connectivity index (χ4n) is 3.37. The van der Waals surface area contributed by atoms with Gasteiger partial charge in [0, 0.05) is 23.5 Å². The van der Waals surface area contributed by atoms with Gasteiger partial charge in [0.2, 0.25) is 5.78 Å². The molecular weight excluding hydrogens is 354 g/mol. The molecule has 0 aliphatic carbocycles. The number of benzene rings is 1. The van der Waals surface area contributed by atoms with Crippen LogP contribution in [0.4, 0.5) is 0 Å². The largest absolute Gasteiger partial charge is 0.329 e. The van der Waals surface area contributed by atoms with E-state index in [0.29, 0.717) is 11.1 Å². The molecule has 3 aromatic rings. The standard InChI is InChI=1S/C22H23N3O3/c1-13(2)18-19(20(26)17-9-14(3)8-15(4)10-17)24-22(28)25(21(18)27)12-16-6-5-7-23-11-16/h5-11,13H,12H2,1-4H3,(H,24,28). The van der Waals surface area contributed by atoms with Crippen LogP contribution in [0.5, 0.6) is 0 Å². The summed E-state index contributed by atoms with van der Waals surface area (Å²) in [4.78, 5) is 45.5. The number of aryl methyl sites for hydroxylation is 2. The van der Waals surface area contributed by atoms with E-state index in [-0.39, 0.29) is 23.9 Å². The minimum Gasteiger partial charge on any atom is -0.303 e. The molecule has 0 saturated carbocycles. The Morgan fingerprint density at radius 3 is 2.39 bits per heavy atom. The number of carbonyl (C=O) groups is 1. The molecule has 2 aromatic heterocycles. The van der Waals surface area contributed by atoms with E-state index in [1.165, 1.54) is 0 Å². The normalized spacial score (nSPS) is 11.0. The van der Waals surface area contributed by atoms with Crippen LogP contribution in [0.2, 0.25) is 0 Å². The Bertz CT molecular complexity index is 1120. The van der Waals surface area contributed by atoms with Crippen molar-refractivity contribution in [3.63, 3.8) is 0 Å². The lowest BCUT2D eigenvalue weighted by Gasteiger charge is -2.14. The van der Waals surface area contributed by atoms with Gasteiger partial charge >= 0.3 is 5.69 Å². The van der Waals surface area contributed by atoms with E-state index in [9.17, 15) is 14.4 Å². The lowest BCUT2D eigenvalue weighted by Crippen LogP contribution is -2.40. The highest BCUT2D eigenvalue weighted by atomic mass is 16.2. The summed E-state index contributed by atoms with van der Waals surface area (Å²) in [7, 11) is 0. The van der Waals surface area contributed by atoms with Crippen molar-refractivity contribution in [3.05, 3.63) is 97.1 Å². The number of ketones is 1. The maximum absolute atomic E-state index is 13.1. The van der Waals surface area contributed by atoms with Gasteiger partial charge in [-0.25, -0.2) is 4.79 Å². The number of carbonyl (C=O) groups excluding carboxylic acids is 1. The number of hydrogen-bond donors (Lipinski definition) is 1. The maximum atomic E-state index is 13.1. The van der Waals surface area contributed by atoms with Crippen molar-refractivity contribution in [1.29, 1.82) is 0 Å². The summed E-state index contributed by atoms with van der Waals surface area (Å²) in [5.74, 6) is -0.576. The lowest BCUT2D eigenvalue weighted by atomic mass is 9.95. The van der Waals surface area contributed by atoms with Gasteiger partial charge in [0.05, 0.1) is 12.2 Å². The number of hydrogen-bond acceptors (Lipinski definition) is 4. The SMILES string of the molecule is Cc1cc(C)cc(C(=O)c2[nH]c(=O)n(Cc3cccnc3)c(=O)c2C(C)C)c1. The quantitative estimate of drug-likeness (QED) is 0.693. The first kappa shape index (κ1) is 19.5. The molecule has 0 bridgehead atoms. The third-order valence-electron chi connectivity index (χ3n) is 4.57. The van der Waals surface area contributed by atoms with Crippen molar-refractivity contribution in [2.24, 2.45) is 0 Å². The zero-order chi connectivity index (χ0) is 20.4. The van der Waals surface area contributed by atoms with Crippen LogP contribution in [0.15, 0.2) is 52.3 Å². The summed E-state index contributed by atoms with van der Waals surface area (Å²) >= 11 is 0. The fraction of sp³-hybridized carbons (Fsp3) is 0.273. The van der Waals surface area contributed by atoms with Crippen LogP contribution in [0.3, 0.4) is 0 Å². The van der Waals surface area contributed by atoms with Crippen LogP contribution >= 0.6 is 0 Å². The molecule has 0 radical (unpaired) electrons. The van der Waals surface area contributed by atoms with Gasteiger partial charge in [-0.15, -0.1) is 0 Å². The molecule has 0 amide bonds. The molecule has 2 heterocycles. The van der Waals surface area contributed by atoms with E-state index in [1.54, 1.807) is 36.7 Å². The first-order valence-electron chi connectivity index (χ1n) is 9.17. The first-order chi connectivity index (χ1) is 13.3. The summed E-state index contributed by atoms with van der Waals surface area (Å²) in [6.45, 7) is 7.58. The highest BCUT2D eigenvalue weighted by molar-refractivity contribution is 6.08. The summed E-state index contributed by atoms with van der Waals surface area (Å²) in [6, 6.07) is 9.03. The molecule has 0 aliphatic rings. The fourth-order valence-corrected chi connectivity index (χ4v) is 3.37. The highest BCUT2D eigenvalue weighted by Gasteiger charge is 2.23. The number of aromatic nitrogens is 3. The number of aromatic amines is 1. The molecule has 6 heteroatoms. The second-order valence-electron chi connectivity index (χ2n) is 7.33. The number of nitrogens with zero attached hydrogens (tertiary/aromatic N) is 2. The second kappa shape index (κ2) is 7.76. The molecule has 1 aromatic carbocycles. The van der Waals surface area contributed by atoms with Gasteiger partial charge in [-0.2, -0.15) is 0 Å². The van der Waals surface area contributed by atoms with Gasteiger partial charge in [0.15, 0.2) is 0 Å². The Morgan fingerprint density at radius 1 is 1.14 bits per heavy atom. The second-order valence-corrected chi connectivity index (χ2v) is 7.33. The third-order valence-corrected chi connectivity index (χ3v) is 4.57. The van der Waals surface area contributed by atoms with Crippen LogP contribution in [0, 0.1) is 13.8 Å². The average Bonchev–Trinajstić information content (AvgIpc) is 2.63. The zero-order valence-corrected chi connectivity index (χ0v) is 16.4. The number of pyridine rings is 1. The molecule has 3 rings (SSSR count). The van der Waals surface area contributed by atoms with Crippen molar-refractivity contribution in [2.45, 2.75) is 40.2 Å². The Balaban J connectivity index is 2.16. The van der Waals surface area contributed by atoms with Gasteiger partial charge in [0.25, 0.3) is 5.56 Å². The van der Waals surface area contributed by atoms with E-state index < -0.39 is 11.2 Å². The smallest absolute Gasteiger partial charge is 0.303 e. The highest BCUT2D eigenvalue weighted by Crippen LogP contribution is 2.18. The molecule has 1 N–H and O–H groups in total. The van der Waals surface area contributed by atoms with E-state index >= 15 is 0 Å². The van der Waals surface area contributed by atoms with Crippen LogP contribution in [0.1, 0.15) is 58.1 Å². The Morgan fingerprint density at radius 2 is 1.82 bits per heavy atom. The van der Waals surface area contributed by atoms with Crippen LogP contribution in [-0.4, -0.2) is 20.3 Å². The van der Waals surface area contributed by atoms with Gasteiger partial charge < -0.3 is 4.98 Å². The molecule has 0 unspecified atom stereocenters. The molecule has 0 fully saturated rings. The Hall–Kier alpha value is -3.28. The number of rotatable bonds is 5. The van der Waals surface area contributed by atoms with Gasteiger partial charge in [0.1, 0.15) is 0 Å².